The van der Waals surface area contributed by atoms with Crippen LogP contribution in [0.2, 0.25) is 0 Å². The summed E-state index contributed by atoms with van der Waals surface area (Å²) >= 11 is 0. The van der Waals surface area contributed by atoms with Crippen molar-refractivity contribution in [2.45, 2.75) is 95.7 Å². The number of benzene rings is 2. The van der Waals surface area contributed by atoms with Crippen LogP contribution in [0, 0.1) is 5.92 Å². The quantitative estimate of drug-likeness (QED) is 0.0686. The number of carboxylic acid groups (broad SMARTS) is 1. The second kappa shape index (κ2) is 15.3. The zero-order chi connectivity index (χ0) is 41.8. The number of carbonyl (C=O) groups is 5. The Labute approximate surface area is 324 Å². The molecule has 3 aromatic carbocycles. The van der Waals surface area contributed by atoms with Crippen LogP contribution in [0.15, 0.2) is 27.8 Å². The number of ether oxygens (including phenoxy) is 3. The van der Waals surface area contributed by atoms with E-state index in [9.17, 15) is 59.1 Å². The third kappa shape index (κ3) is 7.24. The number of aliphatic hydroxyl groups is 2. The van der Waals surface area contributed by atoms with E-state index in [1.54, 1.807) is 13.8 Å². The van der Waals surface area contributed by atoms with Crippen molar-refractivity contribution in [3.63, 3.8) is 0 Å². The van der Waals surface area contributed by atoms with Gasteiger partial charge in [0.15, 0.2) is 17.9 Å². The number of Topliss-reactive ketones (excluding diaryl/α,β-unsaturated/α-hetero) is 1. The number of aliphatic hydroxyl groups excluding tert-OH is 1. The minimum absolute atomic E-state index is 0.0428. The smallest absolute Gasteiger partial charge is 0.326 e. The maximum atomic E-state index is 13.9. The first kappa shape index (κ1) is 41.0. The van der Waals surface area contributed by atoms with Gasteiger partial charge in [-0.15, -0.1) is 0 Å². The van der Waals surface area contributed by atoms with E-state index >= 15 is 0 Å². The molecule has 1 saturated heterocycles. The number of anilines is 2. The summed E-state index contributed by atoms with van der Waals surface area (Å²) in [4.78, 5) is 89.9. The summed E-state index contributed by atoms with van der Waals surface area (Å²) in [7, 11) is 1.29. The summed E-state index contributed by atoms with van der Waals surface area (Å²) in [5.74, 6) is -5.82. The summed E-state index contributed by atoms with van der Waals surface area (Å²) < 4.78 is 17.5. The summed E-state index contributed by atoms with van der Waals surface area (Å²) in [5, 5.41) is 63.1. The molecule has 304 valence electrons. The highest BCUT2D eigenvalue weighted by Crippen LogP contribution is 2.52. The monoisotopic (exact) mass is 793 g/mol. The van der Waals surface area contributed by atoms with Gasteiger partial charge in [0, 0.05) is 36.0 Å². The fraction of sp³-hybridized carbons (Fsp3) is 0.462. The molecule has 18 heteroatoms. The molecule has 6 rings (SSSR count). The molecule has 8 N–H and O–H groups in total. The molecule has 0 saturated carbocycles. The lowest BCUT2D eigenvalue weighted by molar-refractivity contribution is -0.245. The van der Waals surface area contributed by atoms with E-state index in [2.05, 4.69) is 16.0 Å². The summed E-state index contributed by atoms with van der Waals surface area (Å²) in [6.45, 7) is 5.61. The van der Waals surface area contributed by atoms with Gasteiger partial charge < -0.3 is 55.7 Å². The van der Waals surface area contributed by atoms with Gasteiger partial charge in [-0.3, -0.25) is 28.8 Å². The van der Waals surface area contributed by atoms with E-state index in [4.69, 9.17) is 14.2 Å². The van der Waals surface area contributed by atoms with Crippen molar-refractivity contribution in [1.29, 1.82) is 0 Å². The lowest BCUT2D eigenvalue weighted by Crippen LogP contribution is -2.53. The molecule has 1 heterocycles. The third-order valence-electron chi connectivity index (χ3n) is 10.8. The maximum Gasteiger partial charge on any atom is 0.326 e. The van der Waals surface area contributed by atoms with Gasteiger partial charge in [-0.25, -0.2) is 4.79 Å². The van der Waals surface area contributed by atoms with Crippen molar-refractivity contribution in [2.24, 2.45) is 5.92 Å². The zero-order valence-corrected chi connectivity index (χ0v) is 31.6. The number of amides is 1. The van der Waals surface area contributed by atoms with Crippen molar-refractivity contribution in [1.82, 2.24) is 5.32 Å². The van der Waals surface area contributed by atoms with Crippen molar-refractivity contribution >= 4 is 40.6 Å². The van der Waals surface area contributed by atoms with E-state index in [0.717, 1.165) is 6.92 Å². The molecule has 57 heavy (non-hydrogen) atoms. The summed E-state index contributed by atoms with van der Waals surface area (Å²) in [5.41, 5.74) is -6.32. The van der Waals surface area contributed by atoms with E-state index in [1.165, 1.54) is 32.2 Å². The molecule has 0 aromatic heterocycles. The third-order valence-corrected chi connectivity index (χ3v) is 10.8. The number of ketones is 3. The lowest BCUT2D eigenvalue weighted by Gasteiger charge is -2.43. The normalized spacial score (nSPS) is 24.6. The van der Waals surface area contributed by atoms with Crippen LogP contribution < -0.4 is 31.5 Å². The number of methoxy groups -OCH3 is 1. The van der Waals surface area contributed by atoms with Gasteiger partial charge in [0.1, 0.15) is 46.4 Å². The van der Waals surface area contributed by atoms with Gasteiger partial charge in [0.25, 0.3) is 10.9 Å². The largest absolute Gasteiger partial charge is 0.507 e. The number of hydrogen-bond donors (Lipinski definition) is 8. The average molecular weight is 794 g/mol. The van der Waals surface area contributed by atoms with E-state index in [1.807, 2.05) is 0 Å². The molecule has 0 unspecified atom stereocenters. The molecule has 2 aliphatic carbocycles. The molecule has 18 nitrogen and oxygen atoms in total. The molecule has 1 fully saturated rings. The first-order valence-electron chi connectivity index (χ1n) is 18.2. The van der Waals surface area contributed by atoms with Crippen molar-refractivity contribution in [2.75, 3.05) is 24.3 Å². The Bertz CT molecular complexity index is 2260. The Morgan fingerprint density at radius 1 is 1.00 bits per heavy atom. The predicted octanol–water partition coefficient (Wildman–Crippen LogP) is 0.806. The van der Waals surface area contributed by atoms with Crippen molar-refractivity contribution in [3.05, 3.63) is 72.0 Å². The molecule has 3 aromatic rings. The number of nitrogens with one attached hydrogen (secondary N) is 3. The van der Waals surface area contributed by atoms with Crippen LogP contribution in [0.3, 0.4) is 0 Å². The molecule has 1 aliphatic heterocycles. The standard InChI is InChI=1S/C39H43N3O15/c1-14(2)9-20(38(52)53)41-23(44)13-40-29-30(37(51)36(29)50)42-19-10-24(56-15(3)31(19)45)57-22-12-39(54,16(4)43)11-18-26(22)35(49)28-27(33(18)47)32(46)17-7-6-8-21(55-5)25(17)34(28)48/h6-8,14-15,19-20,22,24,31,40,42,45,47,49,54H,9-13H2,1-5H3,(H,41,44)(H,52,53)/t15-,19-,20-,22-,24-,31+,39-/m0/s1. The highest BCUT2D eigenvalue weighted by Gasteiger charge is 2.50. The fourth-order valence-corrected chi connectivity index (χ4v) is 7.76. The van der Waals surface area contributed by atoms with Gasteiger partial charge in [-0.2, -0.15) is 0 Å². The number of phenols is 2. The first-order chi connectivity index (χ1) is 26.8. The van der Waals surface area contributed by atoms with Crippen LogP contribution in [0.4, 0.5) is 11.4 Å². The van der Waals surface area contributed by atoms with Crippen LogP contribution in [0.5, 0.6) is 17.2 Å². The SMILES string of the molecule is COc1cccc2c1C(=O)c1c(O)c3c(c(O)c1C2=O)C[C@@](O)(C(C)=O)C[C@@H]3O[C@H]1C[C@H](Nc2c(NCC(=O)N[C@@H](CC(C)C)C(=O)O)c(=O)c2=O)[C@H](O)[C@H](C)O1. The van der Waals surface area contributed by atoms with Gasteiger partial charge in [0.05, 0.1) is 48.6 Å². The molecule has 0 bridgehead atoms. The zero-order valence-electron chi connectivity index (χ0n) is 31.6. The Hall–Kier alpha value is -5.69. The fourth-order valence-electron chi connectivity index (χ4n) is 7.76. The van der Waals surface area contributed by atoms with Crippen molar-refractivity contribution in [3.8, 4) is 17.2 Å². The Morgan fingerprint density at radius 2 is 1.67 bits per heavy atom. The van der Waals surface area contributed by atoms with Gasteiger partial charge in [-0.05, 0) is 32.3 Å². The number of aromatic hydroxyl groups is 2. The topological polar surface area (TPSA) is 284 Å². The molecule has 0 radical (unpaired) electrons. The van der Waals surface area contributed by atoms with E-state index in [0.29, 0.717) is 0 Å². The minimum atomic E-state index is -2.17. The van der Waals surface area contributed by atoms with Gasteiger partial charge >= 0.3 is 5.97 Å². The minimum Gasteiger partial charge on any atom is -0.507 e. The van der Waals surface area contributed by atoms with Gasteiger partial charge in [-0.1, -0.05) is 26.0 Å². The number of hydrogen-bond acceptors (Lipinski definition) is 16. The number of fused-ring (bicyclic) bond motifs is 3. The predicted molar refractivity (Wildman–Crippen MR) is 199 cm³/mol. The number of carboxylic acids is 1. The second-order valence-electron chi connectivity index (χ2n) is 15.1. The first-order valence-corrected chi connectivity index (χ1v) is 18.2. The Morgan fingerprint density at radius 3 is 2.30 bits per heavy atom. The highest BCUT2D eigenvalue weighted by molar-refractivity contribution is 6.31. The van der Waals surface area contributed by atoms with Crippen molar-refractivity contribution < 1.29 is 63.7 Å². The van der Waals surface area contributed by atoms with Crippen LogP contribution in [-0.4, -0.2) is 105 Å². The molecule has 0 spiro atoms. The Kier molecular flexibility index (Phi) is 11.0. The van der Waals surface area contributed by atoms with Gasteiger partial charge in [0.2, 0.25) is 11.7 Å². The molecule has 3 aliphatic rings. The van der Waals surface area contributed by atoms with Crippen LogP contribution in [-0.2, 0) is 30.3 Å². The van der Waals surface area contributed by atoms with E-state index < -0.39 is 124 Å². The second-order valence-corrected chi connectivity index (χ2v) is 15.1. The summed E-state index contributed by atoms with van der Waals surface area (Å²) in [6.07, 6.45) is -6.22. The molecule has 1 amide bonds. The number of aliphatic carboxylic acids is 1. The highest BCUT2D eigenvalue weighted by atomic mass is 16.7. The lowest BCUT2D eigenvalue weighted by atomic mass is 9.72. The van der Waals surface area contributed by atoms with E-state index in [-0.39, 0.29) is 58.1 Å². The Balaban J connectivity index is 1.28. The number of carbonyl (C=O) groups excluding carboxylic acids is 4. The molecular weight excluding hydrogens is 750 g/mol. The van der Waals surface area contributed by atoms with Crippen LogP contribution >= 0.6 is 0 Å². The molecular formula is C39H43N3O15. The van der Waals surface area contributed by atoms with Crippen LogP contribution in [0.25, 0.3) is 0 Å². The van der Waals surface area contributed by atoms with Crippen LogP contribution in [0.1, 0.15) is 96.0 Å². The number of rotatable bonds is 13. The molecule has 7 atom stereocenters. The summed E-state index contributed by atoms with van der Waals surface area (Å²) in [6, 6.07) is 2.06. The maximum absolute atomic E-state index is 13.9. The number of phenolic OH excluding ortho intramolecular Hbond substituents is 2. The average Bonchev–Trinajstić information content (AvgIpc) is 3.15.